The molecule has 0 atom stereocenters. The molecule has 4 rings (SSSR count). The Hall–Kier alpha value is -2.92. The van der Waals surface area contributed by atoms with Crippen LogP contribution in [0.1, 0.15) is 18.1 Å². The number of aryl methyl sites for hydroxylation is 1. The van der Waals surface area contributed by atoms with Gasteiger partial charge in [0.1, 0.15) is 5.82 Å². The number of hydrogen-bond acceptors (Lipinski definition) is 5. The maximum absolute atomic E-state index is 4.90. The lowest BCUT2D eigenvalue weighted by Crippen LogP contribution is -2.46. The molecule has 0 radical (unpaired) electrons. The highest BCUT2D eigenvalue weighted by Gasteiger charge is 2.19. The Labute approximate surface area is 173 Å². The van der Waals surface area contributed by atoms with Gasteiger partial charge in [0.2, 0.25) is 5.95 Å². The monoisotopic (exact) mass is 387 g/mol. The Balaban J connectivity index is 1.44. The highest BCUT2D eigenvalue weighted by molar-refractivity contribution is 5.59. The first kappa shape index (κ1) is 19.4. The minimum absolute atomic E-state index is 0.766. The third-order valence-corrected chi connectivity index (χ3v) is 5.44. The van der Waals surface area contributed by atoms with Crippen LogP contribution in [0, 0.1) is 6.92 Å². The normalized spacial score (nSPS) is 14.8. The van der Waals surface area contributed by atoms with Crippen molar-refractivity contribution < 1.29 is 0 Å². The van der Waals surface area contributed by atoms with Crippen molar-refractivity contribution in [3.05, 3.63) is 78.0 Å². The Bertz CT molecular complexity index is 919. The van der Waals surface area contributed by atoms with Gasteiger partial charge in [-0.2, -0.15) is 4.98 Å². The molecule has 5 nitrogen and oxygen atoms in total. The molecule has 0 aliphatic carbocycles. The lowest BCUT2D eigenvalue weighted by atomic mass is 10.2. The van der Waals surface area contributed by atoms with Crippen LogP contribution in [0.25, 0.3) is 0 Å². The van der Waals surface area contributed by atoms with E-state index in [-0.39, 0.29) is 0 Å². The van der Waals surface area contributed by atoms with Crippen molar-refractivity contribution in [2.45, 2.75) is 20.4 Å². The molecule has 0 spiro atoms. The first-order valence-electron chi connectivity index (χ1n) is 10.4. The number of nitrogens with zero attached hydrogens (tertiary/aromatic N) is 5. The maximum Gasteiger partial charge on any atom is 0.231 e. The number of anilines is 3. The molecule has 150 valence electrons. The fourth-order valence-electron chi connectivity index (χ4n) is 3.86. The van der Waals surface area contributed by atoms with E-state index in [1.54, 1.807) is 0 Å². The summed E-state index contributed by atoms with van der Waals surface area (Å²) >= 11 is 0. The Morgan fingerprint density at radius 1 is 0.931 bits per heavy atom. The summed E-state index contributed by atoms with van der Waals surface area (Å²) in [4.78, 5) is 16.5. The van der Waals surface area contributed by atoms with E-state index >= 15 is 0 Å². The van der Waals surface area contributed by atoms with Gasteiger partial charge in [-0.05, 0) is 43.2 Å². The molecular weight excluding hydrogens is 358 g/mol. The van der Waals surface area contributed by atoms with Gasteiger partial charge >= 0.3 is 0 Å². The molecule has 1 saturated heterocycles. The fourth-order valence-corrected chi connectivity index (χ4v) is 3.86. The zero-order chi connectivity index (χ0) is 20.1. The summed E-state index contributed by atoms with van der Waals surface area (Å²) in [5.74, 6) is 1.78. The molecule has 1 aliphatic heterocycles. The topological polar surface area (TPSA) is 35.5 Å². The maximum atomic E-state index is 4.90. The number of aromatic nitrogens is 2. The van der Waals surface area contributed by atoms with E-state index in [9.17, 15) is 0 Å². The Morgan fingerprint density at radius 3 is 2.45 bits per heavy atom. The third-order valence-electron chi connectivity index (χ3n) is 5.44. The van der Waals surface area contributed by atoms with E-state index < -0.39 is 0 Å². The van der Waals surface area contributed by atoms with Gasteiger partial charge in [0.25, 0.3) is 0 Å². The van der Waals surface area contributed by atoms with Crippen LogP contribution in [0.3, 0.4) is 0 Å². The zero-order valence-electron chi connectivity index (χ0n) is 17.3. The molecular formula is C24H29N5. The van der Waals surface area contributed by atoms with Crippen LogP contribution in [-0.2, 0) is 6.54 Å². The van der Waals surface area contributed by atoms with Crippen molar-refractivity contribution in [1.82, 2.24) is 14.9 Å². The van der Waals surface area contributed by atoms with Crippen LogP contribution in [0.5, 0.6) is 0 Å². The molecule has 1 aliphatic rings. The van der Waals surface area contributed by atoms with E-state index in [0.29, 0.717) is 0 Å². The standard InChI is InChI=1S/C24H29N5/c1-3-29(22-11-7-8-20(2)18-22)24-25-13-12-23(26-24)28-16-14-27(15-17-28)19-21-9-5-4-6-10-21/h4-13,18H,3,14-17,19H2,1-2H3. The van der Waals surface area contributed by atoms with Gasteiger partial charge in [0.15, 0.2) is 0 Å². The van der Waals surface area contributed by atoms with Gasteiger partial charge in [-0.25, -0.2) is 4.98 Å². The average molecular weight is 388 g/mol. The minimum atomic E-state index is 0.766. The smallest absolute Gasteiger partial charge is 0.231 e. The van der Waals surface area contributed by atoms with Gasteiger partial charge in [-0.3, -0.25) is 4.90 Å². The van der Waals surface area contributed by atoms with Crippen molar-refractivity contribution in [3.8, 4) is 0 Å². The van der Waals surface area contributed by atoms with Crippen LogP contribution < -0.4 is 9.80 Å². The third kappa shape index (κ3) is 4.74. The zero-order valence-corrected chi connectivity index (χ0v) is 17.3. The molecule has 0 N–H and O–H groups in total. The number of benzene rings is 2. The second kappa shape index (κ2) is 9.05. The molecule has 0 unspecified atom stereocenters. The second-order valence-corrected chi connectivity index (χ2v) is 7.55. The summed E-state index contributed by atoms with van der Waals surface area (Å²) in [7, 11) is 0. The first-order valence-corrected chi connectivity index (χ1v) is 10.4. The van der Waals surface area contributed by atoms with Crippen LogP contribution in [-0.4, -0.2) is 47.6 Å². The van der Waals surface area contributed by atoms with Crippen LogP contribution in [0.4, 0.5) is 17.5 Å². The Morgan fingerprint density at radius 2 is 1.72 bits per heavy atom. The fraction of sp³-hybridized carbons (Fsp3) is 0.333. The van der Waals surface area contributed by atoms with E-state index in [1.807, 2.05) is 12.3 Å². The number of hydrogen-bond donors (Lipinski definition) is 0. The number of piperazine rings is 1. The molecule has 5 heteroatoms. The summed E-state index contributed by atoms with van der Waals surface area (Å²) in [5, 5.41) is 0. The summed E-state index contributed by atoms with van der Waals surface area (Å²) in [5.41, 5.74) is 3.76. The van der Waals surface area contributed by atoms with Crippen molar-refractivity contribution in [3.63, 3.8) is 0 Å². The number of rotatable bonds is 6. The summed E-state index contributed by atoms with van der Waals surface area (Å²) in [6.07, 6.45) is 1.88. The van der Waals surface area contributed by atoms with Gasteiger partial charge in [-0.1, -0.05) is 42.5 Å². The van der Waals surface area contributed by atoms with Gasteiger partial charge in [-0.15, -0.1) is 0 Å². The van der Waals surface area contributed by atoms with Crippen LogP contribution >= 0.6 is 0 Å². The molecule has 2 heterocycles. The van der Waals surface area contributed by atoms with E-state index in [4.69, 9.17) is 4.98 Å². The van der Waals surface area contributed by atoms with Gasteiger partial charge < -0.3 is 9.80 Å². The largest absolute Gasteiger partial charge is 0.354 e. The second-order valence-electron chi connectivity index (χ2n) is 7.55. The Kier molecular flexibility index (Phi) is 6.06. The first-order chi connectivity index (χ1) is 14.2. The minimum Gasteiger partial charge on any atom is -0.354 e. The predicted octanol–water partition coefficient (Wildman–Crippen LogP) is 4.27. The highest BCUT2D eigenvalue weighted by Crippen LogP contribution is 2.25. The van der Waals surface area contributed by atoms with E-state index in [0.717, 1.165) is 56.7 Å². The lowest BCUT2D eigenvalue weighted by molar-refractivity contribution is 0.249. The van der Waals surface area contributed by atoms with Gasteiger partial charge in [0.05, 0.1) is 0 Å². The van der Waals surface area contributed by atoms with E-state index in [2.05, 4.69) is 88.1 Å². The molecule has 3 aromatic rings. The van der Waals surface area contributed by atoms with Gasteiger partial charge in [0, 0.05) is 51.2 Å². The predicted molar refractivity (Wildman–Crippen MR) is 120 cm³/mol. The lowest BCUT2D eigenvalue weighted by Gasteiger charge is -2.35. The van der Waals surface area contributed by atoms with Crippen LogP contribution in [0.2, 0.25) is 0 Å². The van der Waals surface area contributed by atoms with Crippen molar-refractivity contribution >= 4 is 17.5 Å². The molecule has 0 amide bonds. The van der Waals surface area contributed by atoms with Crippen molar-refractivity contribution in [1.29, 1.82) is 0 Å². The summed E-state index contributed by atoms with van der Waals surface area (Å²) in [6.45, 7) is 10.2. The molecule has 1 aromatic heterocycles. The highest BCUT2D eigenvalue weighted by atomic mass is 15.3. The quantitative estimate of drug-likeness (QED) is 0.631. The molecule has 0 bridgehead atoms. The van der Waals surface area contributed by atoms with E-state index in [1.165, 1.54) is 11.1 Å². The SMILES string of the molecule is CCN(c1cccc(C)c1)c1nccc(N2CCN(Cc3ccccc3)CC2)n1. The average Bonchev–Trinajstić information content (AvgIpc) is 2.76. The molecule has 1 fully saturated rings. The molecule has 2 aromatic carbocycles. The summed E-state index contributed by atoms with van der Waals surface area (Å²) in [6, 6.07) is 21.2. The summed E-state index contributed by atoms with van der Waals surface area (Å²) < 4.78 is 0. The molecule has 29 heavy (non-hydrogen) atoms. The van der Waals surface area contributed by atoms with Crippen molar-refractivity contribution in [2.24, 2.45) is 0 Å². The van der Waals surface area contributed by atoms with Crippen LogP contribution in [0.15, 0.2) is 66.9 Å². The van der Waals surface area contributed by atoms with Crippen molar-refractivity contribution in [2.75, 3.05) is 42.5 Å². The molecule has 0 saturated carbocycles.